The monoisotopic (exact) mass is 278 g/mol. The van der Waals surface area contributed by atoms with Gasteiger partial charge in [-0.15, -0.1) is 5.10 Å². The number of nitrogen functional groups attached to an aromatic ring is 1. The summed E-state index contributed by atoms with van der Waals surface area (Å²) in [5.41, 5.74) is 5.26. The number of carbonyl (C=O) groups excluding carboxylic acids is 1. The Kier molecular flexibility index (Phi) is 3.09. The summed E-state index contributed by atoms with van der Waals surface area (Å²) in [6, 6.07) is 3.98. The Morgan fingerprint density at radius 1 is 1.45 bits per heavy atom. The summed E-state index contributed by atoms with van der Waals surface area (Å²) >= 11 is 0. The Bertz CT molecular complexity index is 699. The van der Waals surface area contributed by atoms with E-state index < -0.39 is 16.6 Å². The van der Waals surface area contributed by atoms with Crippen LogP contribution in [-0.2, 0) is 4.74 Å². The molecule has 0 spiro atoms. The van der Waals surface area contributed by atoms with Crippen LogP contribution in [0, 0.1) is 10.1 Å². The molecule has 20 heavy (non-hydrogen) atoms. The first-order chi connectivity index (χ1) is 9.19. The Balaban J connectivity index is 2.51. The Morgan fingerprint density at radius 3 is 2.65 bits per heavy atom. The molecule has 0 fully saturated rings. The second kappa shape index (κ2) is 4.48. The van der Waals surface area contributed by atoms with Gasteiger partial charge in [0.15, 0.2) is 5.82 Å². The van der Waals surface area contributed by atoms with Gasteiger partial charge < -0.3 is 10.5 Å². The number of nitrogens with zero attached hydrogens (tertiary/aromatic N) is 3. The van der Waals surface area contributed by atoms with Gasteiger partial charge in [0.2, 0.25) is 0 Å². The van der Waals surface area contributed by atoms with E-state index in [0.29, 0.717) is 10.9 Å². The molecule has 106 valence electrons. The van der Waals surface area contributed by atoms with Crippen molar-refractivity contribution >= 4 is 28.5 Å². The minimum atomic E-state index is -0.687. The van der Waals surface area contributed by atoms with Gasteiger partial charge in [-0.1, -0.05) is 0 Å². The van der Waals surface area contributed by atoms with E-state index in [1.807, 2.05) is 0 Å². The number of ether oxygens (including phenoxy) is 1. The fraction of sp³-hybridized carbons (Fsp3) is 0.333. The average Bonchev–Trinajstić information content (AvgIpc) is 2.64. The van der Waals surface area contributed by atoms with Gasteiger partial charge in [-0.05, 0) is 26.8 Å². The summed E-state index contributed by atoms with van der Waals surface area (Å²) in [6.07, 6.45) is -0.687. The second-order valence-electron chi connectivity index (χ2n) is 5.24. The van der Waals surface area contributed by atoms with E-state index in [1.165, 1.54) is 18.2 Å². The zero-order valence-electron chi connectivity index (χ0n) is 11.3. The van der Waals surface area contributed by atoms with Crippen LogP contribution in [0.1, 0.15) is 20.8 Å². The lowest BCUT2D eigenvalue weighted by atomic mass is 10.2. The molecule has 1 aromatic carbocycles. The van der Waals surface area contributed by atoms with E-state index in [1.54, 1.807) is 20.8 Å². The van der Waals surface area contributed by atoms with Crippen molar-refractivity contribution in [1.82, 2.24) is 9.78 Å². The molecule has 1 heterocycles. The summed E-state index contributed by atoms with van der Waals surface area (Å²) in [5.74, 6) is 0.0366. The Labute approximate surface area is 114 Å². The normalized spacial score (nSPS) is 11.6. The molecule has 0 unspecified atom stereocenters. The quantitative estimate of drug-likeness (QED) is 0.632. The molecule has 8 nitrogen and oxygen atoms in total. The van der Waals surface area contributed by atoms with Crippen LogP contribution < -0.4 is 5.73 Å². The molecule has 0 amide bonds. The number of nitro groups is 1. The maximum absolute atomic E-state index is 12.0. The number of nitro benzene ring substituents is 1. The van der Waals surface area contributed by atoms with Crippen LogP contribution in [0.4, 0.5) is 16.3 Å². The maximum Gasteiger partial charge on any atom is 0.435 e. The average molecular weight is 278 g/mol. The van der Waals surface area contributed by atoms with Crippen LogP contribution >= 0.6 is 0 Å². The lowest BCUT2D eigenvalue weighted by Crippen LogP contribution is -2.27. The van der Waals surface area contributed by atoms with Gasteiger partial charge in [0, 0.05) is 12.1 Å². The SMILES string of the molecule is CC(C)(C)OC(=O)n1nc(N)c2cc([N+](=O)[O-])ccc21. The van der Waals surface area contributed by atoms with Gasteiger partial charge in [0.25, 0.3) is 5.69 Å². The Hall–Kier alpha value is -2.64. The molecule has 0 radical (unpaired) electrons. The van der Waals surface area contributed by atoms with Crippen molar-refractivity contribution in [2.45, 2.75) is 26.4 Å². The maximum atomic E-state index is 12.0. The zero-order chi connectivity index (χ0) is 15.1. The van der Waals surface area contributed by atoms with Crippen molar-refractivity contribution in [3.05, 3.63) is 28.3 Å². The van der Waals surface area contributed by atoms with Gasteiger partial charge in [-0.2, -0.15) is 4.68 Å². The fourth-order valence-electron chi connectivity index (χ4n) is 1.69. The minimum absolute atomic E-state index is 0.0366. The lowest BCUT2D eigenvalue weighted by molar-refractivity contribution is -0.384. The number of non-ortho nitro benzene ring substituents is 1. The first-order valence-electron chi connectivity index (χ1n) is 5.85. The fourth-order valence-corrected chi connectivity index (χ4v) is 1.69. The van der Waals surface area contributed by atoms with Crippen molar-refractivity contribution in [1.29, 1.82) is 0 Å². The smallest absolute Gasteiger partial charge is 0.435 e. The first kappa shape index (κ1) is 13.8. The van der Waals surface area contributed by atoms with Gasteiger partial charge >= 0.3 is 6.09 Å². The number of rotatable bonds is 1. The molecule has 2 aromatic rings. The van der Waals surface area contributed by atoms with E-state index in [0.717, 1.165) is 4.68 Å². The van der Waals surface area contributed by atoms with Gasteiger partial charge in [-0.3, -0.25) is 10.1 Å². The van der Waals surface area contributed by atoms with Crippen molar-refractivity contribution in [2.75, 3.05) is 5.73 Å². The Morgan fingerprint density at radius 2 is 2.10 bits per heavy atom. The molecule has 0 aliphatic rings. The highest BCUT2D eigenvalue weighted by Crippen LogP contribution is 2.26. The third-order valence-corrected chi connectivity index (χ3v) is 2.47. The van der Waals surface area contributed by atoms with Crippen LogP contribution in [0.25, 0.3) is 10.9 Å². The third-order valence-electron chi connectivity index (χ3n) is 2.47. The lowest BCUT2D eigenvalue weighted by Gasteiger charge is -2.19. The highest BCUT2D eigenvalue weighted by molar-refractivity contribution is 5.96. The molecule has 1 aromatic heterocycles. The molecule has 0 aliphatic heterocycles. The number of carbonyl (C=O) groups is 1. The number of hydrogen-bond donors (Lipinski definition) is 1. The molecule has 8 heteroatoms. The number of fused-ring (bicyclic) bond motifs is 1. The minimum Gasteiger partial charge on any atom is -0.442 e. The van der Waals surface area contributed by atoms with Crippen LogP contribution in [0.2, 0.25) is 0 Å². The summed E-state index contributed by atoms with van der Waals surface area (Å²) in [5, 5.41) is 14.9. The summed E-state index contributed by atoms with van der Waals surface area (Å²) < 4.78 is 6.19. The van der Waals surface area contributed by atoms with E-state index in [2.05, 4.69) is 5.10 Å². The number of aromatic nitrogens is 2. The number of benzene rings is 1. The third kappa shape index (κ3) is 2.53. The molecule has 0 saturated carbocycles. The summed E-state index contributed by atoms with van der Waals surface area (Å²) in [6.45, 7) is 5.18. The van der Waals surface area contributed by atoms with Crippen LogP contribution in [0.3, 0.4) is 0 Å². The standard InChI is InChI=1S/C12H14N4O4/c1-12(2,3)20-11(17)15-9-5-4-7(16(18)19)6-8(9)10(13)14-15/h4-6H,1-3H3,(H2,13,14). The topological polar surface area (TPSA) is 113 Å². The molecular formula is C12H14N4O4. The van der Waals surface area contributed by atoms with Crippen LogP contribution in [0.5, 0.6) is 0 Å². The molecule has 2 N–H and O–H groups in total. The zero-order valence-corrected chi connectivity index (χ0v) is 11.3. The predicted molar refractivity (Wildman–Crippen MR) is 72.4 cm³/mol. The molecular weight excluding hydrogens is 264 g/mol. The van der Waals surface area contributed by atoms with Crippen LogP contribution in [-0.4, -0.2) is 26.4 Å². The highest BCUT2D eigenvalue weighted by Gasteiger charge is 2.22. The summed E-state index contributed by atoms with van der Waals surface area (Å²) in [4.78, 5) is 22.2. The number of anilines is 1. The van der Waals surface area contributed by atoms with E-state index in [-0.39, 0.29) is 11.5 Å². The van der Waals surface area contributed by atoms with Gasteiger partial charge in [0.1, 0.15) is 5.60 Å². The van der Waals surface area contributed by atoms with Gasteiger partial charge in [-0.25, -0.2) is 4.79 Å². The molecule has 0 atom stereocenters. The predicted octanol–water partition coefficient (Wildman–Crippen LogP) is 2.31. The van der Waals surface area contributed by atoms with Crippen molar-refractivity contribution in [2.24, 2.45) is 0 Å². The molecule has 0 aliphatic carbocycles. The number of nitrogens with two attached hydrogens (primary N) is 1. The molecule has 2 rings (SSSR count). The highest BCUT2D eigenvalue weighted by atomic mass is 16.6. The van der Waals surface area contributed by atoms with E-state index in [9.17, 15) is 14.9 Å². The first-order valence-corrected chi connectivity index (χ1v) is 5.85. The largest absolute Gasteiger partial charge is 0.442 e. The summed E-state index contributed by atoms with van der Waals surface area (Å²) in [7, 11) is 0. The van der Waals surface area contributed by atoms with Crippen molar-refractivity contribution < 1.29 is 14.5 Å². The number of hydrogen-bond acceptors (Lipinski definition) is 6. The second-order valence-corrected chi connectivity index (χ2v) is 5.24. The van der Waals surface area contributed by atoms with Crippen molar-refractivity contribution in [3.8, 4) is 0 Å². The van der Waals surface area contributed by atoms with Crippen LogP contribution in [0.15, 0.2) is 18.2 Å². The van der Waals surface area contributed by atoms with E-state index >= 15 is 0 Å². The van der Waals surface area contributed by atoms with E-state index in [4.69, 9.17) is 10.5 Å². The molecule has 0 saturated heterocycles. The molecule has 0 bridgehead atoms. The van der Waals surface area contributed by atoms with Gasteiger partial charge in [0.05, 0.1) is 15.8 Å². The van der Waals surface area contributed by atoms with Crippen molar-refractivity contribution in [3.63, 3.8) is 0 Å².